The SMILES string of the molecule is CC(C(=O)Nc1ncc[nH]1)c1cn([C@@H]2CC(O)[C@H](CO)O2)c(=O)[nH]c1=O. The minimum absolute atomic E-state index is 0.0548. The topological polar surface area (TPSA) is 162 Å². The van der Waals surface area contributed by atoms with Crippen molar-refractivity contribution in [3.8, 4) is 0 Å². The normalized spacial score (nSPS) is 23.7. The fraction of sp³-hybridized carbons (Fsp3) is 0.467. The molecular formula is C15H19N5O6. The maximum atomic E-state index is 12.3. The van der Waals surface area contributed by atoms with Crippen molar-refractivity contribution in [2.24, 2.45) is 0 Å². The van der Waals surface area contributed by atoms with Crippen LogP contribution >= 0.6 is 0 Å². The van der Waals surface area contributed by atoms with E-state index >= 15 is 0 Å². The molecule has 1 fully saturated rings. The van der Waals surface area contributed by atoms with Crippen molar-refractivity contribution in [3.05, 3.63) is 45.0 Å². The first-order chi connectivity index (χ1) is 12.4. The minimum atomic E-state index is -0.938. The van der Waals surface area contributed by atoms with Gasteiger partial charge in [-0.05, 0) is 6.92 Å². The van der Waals surface area contributed by atoms with Crippen molar-refractivity contribution in [2.45, 2.75) is 37.7 Å². The van der Waals surface area contributed by atoms with Crippen molar-refractivity contribution in [3.63, 3.8) is 0 Å². The second kappa shape index (κ2) is 7.23. The molecule has 11 nitrogen and oxygen atoms in total. The van der Waals surface area contributed by atoms with E-state index in [1.165, 1.54) is 25.5 Å². The number of aromatic amines is 2. The lowest BCUT2D eigenvalue weighted by Crippen LogP contribution is -2.36. The van der Waals surface area contributed by atoms with Gasteiger partial charge in [-0.15, -0.1) is 0 Å². The third-order valence-electron chi connectivity index (χ3n) is 4.29. The standard InChI is InChI=1S/C15H19N5O6/c1-7(12(23)18-14-16-2-3-17-14)8-5-20(15(25)19-13(8)24)11-4-9(22)10(6-21)26-11/h2-3,5,7,9-11,21-22H,4,6H2,1H3,(H,19,24,25)(H2,16,17,18,23)/t7?,9?,10-,11-/m0/s1. The summed E-state index contributed by atoms with van der Waals surface area (Å²) in [4.78, 5) is 45.3. The van der Waals surface area contributed by atoms with Gasteiger partial charge in [-0.1, -0.05) is 0 Å². The van der Waals surface area contributed by atoms with Crippen LogP contribution in [0.3, 0.4) is 0 Å². The molecule has 0 spiro atoms. The first-order valence-corrected chi connectivity index (χ1v) is 8.00. The molecule has 0 aromatic carbocycles. The predicted molar refractivity (Wildman–Crippen MR) is 88.6 cm³/mol. The number of hydrogen-bond donors (Lipinski definition) is 5. The first-order valence-electron chi connectivity index (χ1n) is 8.00. The Morgan fingerprint density at radius 1 is 1.54 bits per heavy atom. The molecule has 2 aromatic heterocycles. The molecule has 2 unspecified atom stereocenters. The highest BCUT2D eigenvalue weighted by molar-refractivity contribution is 5.94. The highest BCUT2D eigenvalue weighted by atomic mass is 16.5. The van der Waals surface area contributed by atoms with Gasteiger partial charge in [-0.2, -0.15) is 0 Å². The van der Waals surface area contributed by atoms with Crippen LogP contribution in [0.25, 0.3) is 0 Å². The Morgan fingerprint density at radius 2 is 2.31 bits per heavy atom. The Labute approximate surface area is 146 Å². The van der Waals surface area contributed by atoms with Gasteiger partial charge < -0.3 is 19.9 Å². The zero-order valence-corrected chi connectivity index (χ0v) is 13.9. The van der Waals surface area contributed by atoms with Crippen molar-refractivity contribution in [1.29, 1.82) is 0 Å². The van der Waals surface area contributed by atoms with E-state index in [1.54, 1.807) is 0 Å². The van der Waals surface area contributed by atoms with E-state index in [2.05, 4.69) is 20.3 Å². The molecule has 3 rings (SSSR count). The Kier molecular flexibility index (Phi) is 5.02. The fourth-order valence-electron chi connectivity index (χ4n) is 2.77. The van der Waals surface area contributed by atoms with Crippen LogP contribution < -0.4 is 16.6 Å². The van der Waals surface area contributed by atoms with Gasteiger partial charge in [0.1, 0.15) is 12.3 Å². The monoisotopic (exact) mass is 365 g/mol. The van der Waals surface area contributed by atoms with Crippen molar-refractivity contribution in [2.75, 3.05) is 11.9 Å². The Morgan fingerprint density at radius 3 is 2.92 bits per heavy atom. The molecule has 1 aliphatic heterocycles. The fourth-order valence-corrected chi connectivity index (χ4v) is 2.77. The summed E-state index contributed by atoms with van der Waals surface area (Å²) < 4.78 is 6.54. The van der Waals surface area contributed by atoms with E-state index in [9.17, 15) is 19.5 Å². The summed E-state index contributed by atoms with van der Waals surface area (Å²) in [5.74, 6) is -1.13. The number of carbonyl (C=O) groups excluding carboxylic acids is 1. The molecule has 0 saturated carbocycles. The summed E-state index contributed by atoms with van der Waals surface area (Å²) in [6.07, 6.45) is 1.70. The van der Waals surface area contributed by atoms with Crippen molar-refractivity contribution in [1.82, 2.24) is 19.5 Å². The van der Waals surface area contributed by atoms with Gasteiger partial charge in [0.05, 0.1) is 18.6 Å². The van der Waals surface area contributed by atoms with E-state index < -0.39 is 48.1 Å². The van der Waals surface area contributed by atoms with Gasteiger partial charge >= 0.3 is 5.69 Å². The van der Waals surface area contributed by atoms with Crippen LogP contribution in [0.1, 0.15) is 31.1 Å². The van der Waals surface area contributed by atoms with Crippen LogP contribution in [0.15, 0.2) is 28.2 Å². The van der Waals surface area contributed by atoms with E-state index in [4.69, 9.17) is 9.84 Å². The minimum Gasteiger partial charge on any atom is -0.394 e. The van der Waals surface area contributed by atoms with Gasteiger partial charge in [0.2, 0.25) is 11.9 Å². The maximum Gasteiger partial charge on any atom is 0.330 e. The molecular weight excluding hydrogens is 346 g/mol. The van der Waals surface area contributed by atoms with E-state index in [0.717, 1.165) is 4.57 Å². The lowest BCUT2D eigenvalue weighted by molar-refractivity contribution is -0.117. The molecule has 26 heavy (non-hydrogen) atoms. The second-order valence-electron chi connectivity index (χ2n) is 6.01. The highest BCUT2D eigenvalue weighted by Crippen LogP contribution is 2.27. The smallest absolute Gasteiger partial charge is 0.330 e. The lowest BCUT2D eigenvalue weighted by Gasteiger charge is -2.17. The molecule has 0 bridgehead atoms. The van der Waals surface area contributed by atoms with Crippen LogP contribution in [0, 0.1) is 0 Å². The summed E-state index contributed by atoms with van der Waals surface area (Å²) in [5, 5.41) is 21.5. The summed E-state index contributed by atoms with van der Waals surface area (Å²) in [5.41, 5.74) is -1.36. The summed E-state index contributed by atoms with van der Waals surface area (Å²) in [7, 11) is 0. The summed E-state index contributed by atoms with van der Waals surface area (Å²) >= 11 is 0. The first kappa shape index (κ1) is 18.0. The van der Waals surface area contributed by atoms with E-state index in [0.29, 0.717) is 0 Å². The second-order valence-corrected chi connectivity index (χ2v) is 6.01. The van der Waals surface area contributed by atoms with Gasteiger partial charge in [0.15, 0.2) is 0 Å². The molecule has 11 heteroatoms. The van der Waals surface area contributed by atoms with Crippen molar-refractivity contribution >= 4 is 11.9 Å². The number of anilines is 1. The lowest BCUT2D eigenvalue weighted by atomic mass is 10.0. The zero-order chi connectivity index (χ0) is 18.8. The van der Waals surface area contributed by atoms with Gasteiger partial charge in [0, 0.05) is 30.6 Å². The molecule has 5 N–H and O–H groups in total. The third kappa shape index (κ3) is 3.45. The number of aromatic nitrogens is 4. The molecule has 1 aliphatic rings. The molecule has 3 heterocycles. The number of aliphatic hydroxyl groups excluding tert-OH is 2. The van der Waals surface area contributed by atoms with Gasteiger partial charge in [0.25, 0.3) is 5.56 Å². The number of imidazole rings is 1. The number of nitrogens with one attached hydrogen (secondary N) is 3. The summed E-state index contributed by atoms with van der Waals surface area (Å²) in [6, 6.07) is 0. The molecule has 2 aromatic rings. The Hall–Kier alpha value is -2.76. The number of carbonyl (C=O) groups is 1. The predicted octanol–water partition coefficient (Wildman–Crippen LogP) is -1.36. The van der Waals surface area contributed by atoms with Gasteiger partial charge in [-0.3, -0.25) is 24.5 Å². The van der Waals surface area contributed by atoms with E-state index in [1.807, 2.05) is 0 Å². The molecule has 140 valence electrons. The average Bonchev–Trinajstić information content (AvgIpc) is 3.23. The number of ether oxygens (including phenoxy) is 1. The zero-order valence-electron chi connectivity index (χ0n) is 13.9. The number of hydrogen-bond acceptors (Lipinski definition) is 7. The third-order valence-corrected chi connectivity index (χ3v) is 4.29. The molecule has 4 atom stereocenters. The van der Waals surface area contributed by atoms with Crippen LogP contribution in [0.4, 0.5) is 5.95 Å². The number of amides is 1. The number of aliphatic hydroxyl groups is 2. The largest absolute Gasteiger partial charge is 0.394 e. The quantitative estimate of drug-likeness (QED) is 0.437. The van der Waals surface area contributed by atoms with Crippen LogP contribution in [-0.2, 0) is 9.53 Å². The Bertz CT molecular complexity index is 889. The molecule has 1 amide bonds. The maximum absolute atomic E-state index is 12.3. The molecule has 1 saturated heterocycles. The highest BCUT2D eigenvalue weighted by Gasteiger charge is 2.35. The molecule has 0 aliphatic carbocycles. The van der Waals surface area contributed by atoms with Crippen LogP contribution in [0.2, 0.25) is 0 Å². The number of nitrogens with zero attached hydrogens (tertiary/aromatic N) is 2. The van der Waals surface area contributed by atoms with Crippen LogP contribution in [-0.4, -0.2) is 54.5 Å². The Balaban J connectivity index is 1.87. The van der Waals surface area contributed by atoms with E-state index in [-0.39, 0.29) is 17.9 Å². The number of H-pyrrole nitrogens is 2. The van der Waals surface area contributed by atoms with Crippen LogP contribution in [0.5, 0.6) is 0 Å². The van der Waals surface area contributed by atoms with Gasteiger partial charge in [-0.25, -0.2) is 9.78 Å². The summed E-state index contributed by atoms with van der Waals surface area (Å²) in [6.45, 7) is 1.11. The number of rotatable bonds is 5. The molecule has 0 radical (unpaired) electrons. The van der Waals surface area contributed by atoms with Crippen molar-refractivity contribution < 1.29 is 19.7 Å². The average molecular weight is 365 g/mol.